The molecule has 1 aliphatic rings. The minimum absolute atomic E-state index is 0. The summed E-state index contributed by atoms with van der Waals surface area (Å²) in [7, 11) is 0. The summed E-state index contributed by atoms with van der Waals surface area (Å²) in [5, 5.41) is 0.608. The summed E-state index contributed by atoms with van der Waals surface area (Å²) in [5.74, 6) is 1.34. The van der Waals surface area contributed by atoms with Crippen molar-refractivity contribution in [1.82, 2.24) is 4.90 Å². The quantitative estimate of drug-likeness (QED) is 0.756. The highest BCUT2D eigenvalue weighted by Crippen LogP contribution is 2.23. The lowest BCUT2D eigenvalue weighted by atomic mass is 9.92. The smallest absolute Gasteiger partial charge is 0.232 e. The number of carbonyl (C=O) groups is 2. The van der Waals surface area contributed by atoms with E-state index in [-0.39, 0.29) is 30.1 Å². The van der Waals surface area contributed by atoms with Crippen molar-refractivity contribution >= 4 is 47.5 Å². The van der Waals surface area contributed by atoms with Crippen molar-refractivity contribution in [3.05, 3.63) is 34.9 Å². The van der Waals surface area contributed by atoms with E-state index in [9.17, 15) is 9.59 Å². The fourth-order valence-corrected chi connectivity index (χ4v) is 3.76. The predicted octanol–water partition coefficient (Wildman–Crippen LogP) is 3.26. The van der Waals surface area contributed by atoms with E-state index in [0.29, 0.717) is 34.6 Å². The van der Waals surface area contributed by atoms with Crippen LogP contribution >= 0.6 is 35.8 Å². The number of amides is 1. The first-order valence-electron chi connectivity index (χ1n) is 7.87. The van der Waals surface area contributed by atoms with E-state index in [0.717, 1.165) is 19.4 Å². The van der Waals surface area contributed by atoms with E-state index < -0.39 is 0 Å². The van der Waals surface area contributed by atoms with Gasteiger partial charge in [-0.2, -0.15) is 0 Å². The van der Waals surface area contributed by atoms with Crippen molar-refractivity contribution in [3.63, 3.8) is 0 Å². The lowest BCUT2D eigenvalue weighted by Crippen LogP contribution is -2.49. The van der Waals surface area contributed by atoms with Gasteiger partial charge in [-0.1, -0.05) is 18.5 Å². The molecule has 1 aromatic carbocycles. The van der Waals surface area contributed by atoms with Gasteiger partial charge in [0.2, 0.25) is 5.91 Å². The molecule has 2 atom stereocenters. The number of nitrogens with two attached hydrogens (primary N) is 1. The highest BCUT2D eigenvalue weighted by atomic mass is 35.5. The number of piperidine rings is 1. The maximum atomic E-state index is 12.4. The van der Waals surface area contributed by atoms with Gasteiger partial charge in [-0.15, -0.1) is 24.2 Å². The Labute approximate surface area is 158 Å². The molecule has 0 saturated carbocycles. The van der Waals surface area contributed by atoms with Gasteiger partial charge in [0.05, 0.1) is 11.5 Å². The molecule has 1 aliphatic heterocycles. The van der Waals surface area contributed by atoms with E-state index in [1.807, 2.05) is 4.90 Å². The fourth-order valence-electron chi connectivity index (χ4n) is 2.84. The number of nitrogens with zero attached hydrogens (tertiary/aromatic N) is 1. The number of carbonyl (C=O) groups excluding carboxylic acids is 2. The SMILES string of the molecule is CC1CCN(C(=O)CSCC(=O)c2ccc(Cl)cc2)C(CN)C1.Cl. The number of benzene rings is 1. The molecule has 0 aliphatic carbocycles. The van der Waals surface area contributed by atoms with Crippen LogP contribution in [0.1, 0.15) is 30.1 Å². The molecule has 1 fully saturated rings. The van der Waals surface area contributed by atoms with Gasteiger partial charge in [-0.05, 0) is 43.0 Å². The Hall–Kier alpha value is -0.750. The zero-order chi connectivity index (χ0) is 16.8. The zero-order valence-corrected chi connectivity index (χ0v) is 16.1. The molecule has 24 heavy (non-hydrogen) atoms. The largest absolute Gasteiger partial charge is 0.338 e. The maximum absolute atomic E-state index is 12.4. The molecule has 2 rings (SSSR count). The van der Waals surface area contributed by atoms with Crippen LogP contribution in [0.3, 0.4) is 0 Å². The van der Waals surface area contributed by atoms with E-state index in [1.54, 1.807) is 24.3 Å². The maximum Gasteiger partial charge on any atom is 0.232 e. The first-order valence-corrected chi connectivity index (χ1v) is 9.40. The van der Waals surface area contributed by atoms with Crippen LogP contribution in [0, 0.1) is 5.92 Å². The van der Waals surface area contributed by atoms with Crippen LogP contribution in [0.25, 0.3) is 0 Å². The Morgan fingerprint density at radius 1 is 1.29 bits per heavy atom. The molecule has 1 saturated heterocycles. The first-order chi connectivity index (χ1) is 11.0. The van der Waals surface area contributed by atoms with Crippen molar-refractivity contribution in [2.75, 3.05) is 24.6 Å². The molecule has 1 heterocycles. The lowest BCUT2D eigenvalue weighted by molar-refractivity contribution is -0.132. The van der Waals surface area contributed by atoms with Crippen LogP contribution in [-0.2, 0) is 4.79 Å². The van der Waals surface area contributed by atoms with E-state index in [2.05, 4.69) is 6.92 Å². The summed E-state index contributed by atoms with van der Waals surface area (Å²) in [6.07, 6.45) is 1.99. The third-order valence-corrected chi connectivity index (χ3v) is 5.36. The standard InChI is InChI=1S/C17H23ClN2O2S.ClH/c1-12-6-7-20(15(8-12)9-19)17(22)11-23-10-16(21)13-2-4-14(18)5-3-13;/h2-5,12,15H,6-11,19H2,1H3;1H. The number of hydrogen-bond acceptors (Lipinski definition) is 4. The molecular weight excluding hydrogens is 367 g/mol. The predicted molar refractivity (Wildman–Crippen MR) is 103 cm³/mol. The van der Waals surface area contributed by atoms with Crippen molar-refractivity contribution in [1.29, 1.82) is 0 Å². The number of thioether (sulfide) groups is 1. The Kier molecular flexibility index (Phi) is 9.13. The van der Waals surface area contributed by atoms with Gasteiger partial charge >= 0.3 is 0 Å². The molecule has 1 amide bonds. The second kappa shape index (κ2) is 10.3. The molecular formula is C17H24Cl2N2O2S. The number of ketones is 1. The fraction of sp³-hybridized carbons (Fsp3) is 0.529. The van der Waals surface area contributed by atoms with Gasteiger partial charge in [0.1, 0.15) is 0 Å². The topological polar surface area (TPSA) is 63.4 Å². The van der Waals surface area contributed by atoms with Gasteiger partial charge in [-0.25, -0.2) is 0 Å². The Morgan fingerprint density at radius 3 is 2.58 bits per heavy atom. The summed E-state index contributed by atoms with van der Waals surface area (Å²) >= 11 is 7.17. The van der Waals surface area contributed by atoms with Crippen LogP contribution in [0.4, 0.5) is 0 Å². The molecule has 134 valence electrons. The summed E-state index contributed by atoms with van der Waals surface area (Å²) in [6, 6.07) is 6.96. The number of rotatable bonds is 6. The van der Waals surface area contributed by atoms with Gasteiger partial charge in [0.25, 0.3) is 0 Å². The molecule has 2 N–H and O–H groups in total. The Bertz CT molecular complexity index is 554. The van der Waals surface area contributed by atoms with Gasteiger partial charge in [-0.3, -0.25) is 9.59 Å². The second-order valence-corrected chi connectivity index (χ2v) is 7.45. The van der Waals surface area contributed by atoms with Crippen LogP contribution in [-0.4, -0.2) is 47.2 Å². The van der Waals surface area contributed by atoms with Crippen LogP contribution in [0.5, 0.6) is 0 Å². The molecule has 0 radical (unpaired) electrons. The summed E-state index contributed by atoms with van der Waals surface area (Å²) in [4.78, 5) is 26.3. The number of halogens is 2. The van der Waals surface area contributed by atoms with Crippen molar-refractivity contribution in [2.45, 2.75) is 25.8 Å². The van der Waals surface area contributed by atoms with Crippen LogP contribution in [0.2, 0.25) is 5.02 Å². The number of likely N-dealkylation sites (tertiary alicyclic amines) is 1. The van der Waals surface area contributed by atoms with E-state index in [4.69, 9.17) is 17.3 Å². The zero-order valence-electron chi connectivity index (χ0n) is 13.7. The first kappa shape index (κ1) is 21.3. The number of Topliss-reactive ketones (excluding diaryl/α,β-unsaturated/α-hetero) is 1. The highest BCUT2D eigenvalue weighted by molar-refractivity contribution is 8.00. The third kappa shape index (κ3) is 5.96. The molecule has 1 aromatic rings. The van der Waals surface area contributed by atoms with E-state index >= 15 is 0 Å². The molecule has 0 bridgehead atoms. The molecule has 7 heteroatoms. The Morgan fingerprint density at radius 2 is 1.96 bits per heavy atom. The van der Waals surface area contributed by atoms with Crippen molar-refractivity contribution < 1.29 is 9.59 Å². The van der Waals surface area contributed by atoms with Gasteiger partial charge in [0, 0.05) is 29.7 Å². The molecule has 0 aromatic heterocycles. The van der Waals surface area contributed by atoms with Crippen LogP contribution < -0.4 is 5.73 Å². The third-order valence-electron chi connectivity index (χ3n) is 4.20. The monoisotopic (exact) mass is 390 g/mol. The van der Waals surface area contributed by atoms with Crippen molar-refractivity contribution in [3.8, 4) is 0 Å². The van der Waals surface area contributed by atoms with E-state index in [1.165, 1.54) is 11.8 Å². The summed E-state index contributed by atoms with van der Waals surface area (Å²) in [5.41, 5.74) is 6.42. The second-order valence-electron chi connectivity index (χ2n) is 6.03. The molecule has 2 unspecified atom stereocenters. The molecule has 0 spiro atoms. The summed E-state index contributed by atoms with van der Waals surface area (Å²) in [6.45, 7) is 3.47. The normalized spacial score (nSPS) is 20.4. The Balaban J connectivity index is 0.00000288. The average Bonchev–Trinajstić information content (AvgIpc) is 2.55. The van der Waals surface area contributed by atoms with Crippen LogP contribution in [0.15, 0.2) is 24.3 Å². The molecule has 4 nitrogen and oxygen atoms in total. The van der Waals surface area contributed by atoms with Gasteiger partial charge < -0.3 is 10.6 Å². The van der Waals surface area contributed by atoms with Gasteiger partial charge in [0.15, 0.2) is 5.78 Å². The van der Waals surface area contributed by atoms with Crippen molar-refractivity contribution in [2.24, 2.45) is 11.7 Å². The minimum atomic E-state index is 0. The number of hydrogen-bond donors (Lipinski definition) is 1. The highest BCUT2D eigenvalue weighted by Gasteiger charge is 2.28. The lowest BCUT2D eigenvalue weighted by Gasteiger charge is -2.38. The summed E-state index contributed by atoms with van der Waals surface area (Å²) < 4.78 is 0. The average molecular weight is 391 g/mol. The minimum Gasteiger partial charge on any atom is -0.338 e.